The van der Waals surface area contributed by atoms with Crippen molar-refractivity contribution in [1.29, 1.82) is 0 Å². The molecule has 0 aliphatic rings. The number of hydrogen-bond donors (Lipinski definition) is 0. The molecule has 0 radical (unpaired) electrons. The van der Waals surface area contributed by atoms with E-state index in [-0.39, 0.29) is 16.4 Å². The maximum Gasteiger partial charge on any atom is 0.196 e. The Labute approximate surface area is 96.7 Å². The summed E-state index contributed by atoms with van der Waals surface area (Å²) in [7, 11) is 0. The van der Waals surface area contributed by atoms with Crippen molar-refractivity contribution < 1.29 is 9.18 Å². The largest absolute Gasteiger partial charge is 0.288 e. The van der Waals surface area contributed by atoms with Crippen LogP contribution in [0.4, 0.5) is 4.39 Å². The minimum atomic E-state index is -0.601. The van der Waals surface area contributed by atoms with Gasteiger partial charge in [0.1, 0.15) is 5.82 Å². The molecule has 1 aromatic heterocycles. The quantitative estimate of drug-likeness (QED) is 0.749. The first kappa shape index (κ1) is 10.8. The van der Waals surface area contributed by atoms with Gasteiger partial charge in [0.15, 0.2) is 5.78 Å². The third-order valence-electron chi connectivity index (χ3n) is 2.12. The number of pyridine rings is 1. The predicted octanol–water partition coefficient (Wildman–Crippen LogP) is 3.11. The predicted molar refractivity (Wildman–Crippen MR) is 59.1 cm³/mol. The number of halogens is 2. The lowest BCUT2D eigenvalue weighted by Crippen LogP contribution is -2.03. The summed E-state index contributed by atoms with van der Waals surface area (Å²) >= 11 is 5.72. The van der Waals surface area contributed by atoms with Crippen LogP contribution in [0.1, 0.15) is 15.9 Å². The fourth-order valence-electron chi connectivity index (χ4n) is 1.33. The van der Waals surface area contributed by atoms with E-state index in [0.717, 1.165) is 0 Å². The maximum absolute atomic E-state index is 13.2. The van der Waals surface area contributed by atoms with E-state index in [1.807, 2.05) is 0 Å². The number of aromatic nitrogens is 1. The van der Waals surface area contributed by atoms with Crippen LogP contribution in [0, 0.1) is 5.82 Å². The first-order chi connectivity index (χ1) is 7.70. The van der Waals surface area contributed by atoms with Crippen molar-refractivity contribution in [1.82, 2.24) is 4.98 Å². The molecule has 0 amide bonds. The van der Waals surface area contributed by atoms with Crippen LogP contribution in [0.15, 0.2) is 42.7 Å². The van der Waals surface area contributed by atoms with Gasteiger partial charge in [0.05, 0.1) is 5.02 Å². The smallest absolute Gasteiger partial charge is 0.196 e. The molecule has 4 heteroatoms. The van der Waals surface area contributed by atoms with Gasteiger partial charge in [-0.3, -0.25) is 9.78 Å². The van der Waals surface area contributed by atoms with Gasteiger partial charge in [0.25, 0.3) is 0 Å². The lowest BCUT2D eigenvalue weighted by atomic mass is 10.1. The topological polar surface area (TPSA) is 30.0 Å². The van der Waals surface area contributed by atoms with Crippen molar-refractivity contribution in [3.63, 3.8) is 0 Å². The molecule has 0 N–H and O–H groups in total. The molecule has 0 bridgehead atoms. The van der Waals surface area contributed by atoms with E-state index in [1.165, 1.54) is 24.4 Å². The molecule has 0 saturated heterocycles. The van der Waals surface area contributed by atoms with Crippen LogP contribution < -0.4 is 0 Å². The van der Waals surface area contributed by atoms with Gasteiger partial charge in [-0.25, -0.2) is 4.39 Å². The number of nitrogens with zero attached hydrogens (tertiary/aromatic N) is 1. The first-order valence-corrected chi connectivity index (χ1v) is 4.96. The highest BCUT2D eigenvalue weighted by atomic mass is 35.5. The number of carbonyl (C=O) groups is 1. The molecule has 2 nitrogen and oxygen atoms in total. The first-order valence-electron chi connectivity index (χ1n) is 4.59. The third-order valence-corrected chi connectivity index (χ3v) is 2.50. The van der Waals surface area contributed by atoms with Gasteiger partial charge in [-0.05, 0) is 24.3 Å². The highest BCUT2D eigenvalue weighted by Crippen LogP contribution is 2.22. The Bertz CT molecular complexity index is 528. The summed E-state index contributed by atoms with van der Waals surface area (Å²) in [6.45, 7) is 0. The third kappa shape index (κ3) is 1.95. The minimum Gasteiger partial charge on any atom is -0.288 e. The number of hydrogen-bond acceptors (Lipinski definition) is 2. The van der Waals surface area contributed by atoms with Crippen molar-refractivity contribution in [3.8, 4) is 0 Å². The van der Waals surface area contributed by atoms with E-state index in [1.54, 1.807) is 18.3 Å². The molecule has 0 fully saturated rings. The Morgan fingerprint density at radius 2 is 2.06 bits per heavy atom. The minimum absolute atomic E-state index is 0.148. The van der Waals surface area contributed by atoms with Crippen LogP contribution >= 0.6 is 11.6 Å². The zero-order valence-corrected chi connectivity index (χ0v) is 8.91. The maximum atomic E-state index is 13.2. The monoisotopic (exact) mass is 235 g/mol. The van der Waals surface area contributed by atoms with Crippen LogP contribution in [-0.2, 0) is 0 Å². The standard InChI is InChI=1S/C12H7ClFNO/c13-11-9(4-1-5-10(11)14)12(16)8-3-2-6-15-7-8/h1-7H. The highest BCUT2D eigenvalue weighted by molar-refractivity contribution is 6.35. The van der Waals surface area contributed by atoms with Crippen LogP contribution in [0.5, 0.6) is 0 Å². The lowest BCUT2D eigenvalue weighted by molar-refractivity contribution is 0.103. The van der Waals surface area contributed by atoms with Crippen LogP contribution in [-0.4, -0.2) is 10.8 Å². The second-order valence-corrected chi connectivity index (χ2v) is 3.55. The molecular weight excluding hydrogens is 229 g/mol. The molecule has 0 atom stereocenters. The molecule has 16 heavy (non-hydrogen) atoms. The normalized spacial score (nSPS) is 10.1. The van der Waals surface area contributed by atoms with E-state index in [9.17, 15) is 9.18 Å². The summed E-state index contributed by atoms with van der Waals surface area (Å²) in [5.74, 6) is -0.936. The molecule has 2 aromatic rings. The SMILES string of the molecule is O=C(c1cccnc1)c1cccc(F)c1Cl. The second-order valence-electron chi connectivity index (χ2n) is 3.17. The highest BCUT2D eigenvalue weighted by Gasteiger charge is 2.14. The second kappa shape index (κ2) is 4.41. The zero-order valence-electron chi connectivity index (χ0n) is 8.15. The molecule has 80 valence electrons. The lowest BCUT2D eigenvalue weighted by Gasteiger charge is -2.03. The molecule has 0 aliphatic heterocycles. The zero-order chi connectivity index (χ0) is 11.5. The molecule has 1 aromatic carbocycles. The van der Waals surface area contributed by atoms with Crippen LogP contribution in [0.3, 0.4) is 0 Å². The van der Waals surface area contributed by atoms with Crippen molar-refractivity contribution in [2.45, 2.75) is 0 Å². The molecule has 0 spiro atoms. The Morgan fingerprint density at radius 1 is 1.25 bits per heavy atom. The van der Waals surface area contributed by atoms with E-state index in [0.29, 0.717) is 5.56 Å². The average molecular weight is 236 g/mol. The Hall–Kier alpha value is -1.74. The van der Waals surface area contributed by atoms with E-state index in [4.69, 9.17) is 11.6 Å². The summed E-state index contributed by atoms with van der Waals surface area (Å²) in [4.78, 5) is 15.8. The number of ketones is 1. The molecular formula is C12H7ClFNO. The van der Waals surface area contributed by atoms with E-state index in [2.05, 4.69) is 4.98 Å². The number of rotatable bonds is 2. The van der Waals surface area contributed by atoms with Crippen molar-refractivity contribution in [2.24, 2.45) is 0 Å². The molecule has 0 aliphatic carbocycles. The van der Waals surface area contributed by atoms with Gasteiger partial charge in [-0.2, -0.15) is 0 Å². The summed E-state index contributed by atoms with van der Waals surface area (Å²) in [5, 5.41) is -0.156. The van der Waals surface area contributed by atoms with Gasteiger partial charge >= 0.3 is 0 Å². The summed E-state index contributed by atoms with van der Waals surface area (Å²) in [6, 6.07) is 7.39. The average Bonchev–Trinajstić information content (AvgIpc) is 2.33. The van der Waals surface area contributed by atoms with Gasteiger partial charge in [-0.15, -0.1) is 0 Å². The Kier molecular flexibility index (Phi) is 2.97. The van der Waals surface area contributed by atoms with Crippen LogP contribution in [0.2, 0.25) is 5.02 Å². The fourth-order valence-corrected chi connectivity index (χ4v) is 1.54. The summed E-state index contributed by atoms with van der Waals surface area (Å²) in [5.41, 5.74) is 0.532. The van der Waals surface area contributed by atoms with E-state index < -0.39 is 5.82 Å². The molecule has 1 heterocycles. The Morgan fingerprint density at radius 3 is 2.75 bits per heavy atom. The molecule has 0 unspecified atom stereocenters. The van der Waals surface area contributed by atoms with Crippen LogP contribution in [0.25, 0.3) is 0 Å². The molecule has 0 saturated carbocycles. The fraction of sp³-hybridized carbons (Fsp3) is 0. The van der Waals surface area contributed by atoms with Crippen molar-refractivity contribution in [3.05, 3.63) is 64.7 Å². The van der Waals surface area contributed by atoms with E-state index >= 15 is 0 Å². The number of benzene rings is 1. The van der Waals surface area contributed by atoms with Gasteiger partial charge in [0.2, 0.25) is 0 Å². The summed E-state index contributed by atoms with van der Waals surface area (Å²) < 4.78 is 13.2. The van der Waals surface area contributed by atoms with Gasteiger partial charge in [-0.1, -0.05) is 17.7 Å². The van der Waals surface area contributed by atoms with Crippen molar-refractivity contribution >= 4 is 17.4 Å². The summed E-state index contributed by atoms with van der Waals surface area (Å²) in [6.07, 6.45) is 2.98. The van der Waals surface area contributed by atoms with Crippen molar-refractivity contribution in [2.75, 3.05) is 0 Å². The molecule has 2 rings (SSSR count). The number of carbonyl (C=O) groups excluding carboxylic acids is 1. The Balaban J connectivity index is 2.46. The van der Waals surface area contributed by atoms with Gasteiger partial charge < -0.3 is 0 Å². The van der Waals surface area contributed by atoms with Gasteiger partial charge in [0, 0.05) is 23.5 Å².